The Kier molecular flexibility index (Phi) is 5.20. The van der Waals surface area contributed by atoms with Crippen molar-refractivity contribution in [3.05, 3.63) is 47.3 Å². The van der Waals surface area contributed by atoms with Crippen molar-refractivity contribution in [3.8, 4) is 5.69 Å². The lowest BCUT2D eigenvalue weighted by atomic mass is 9.93. The Morgan fingerprint density at radius 3 is 2.59 bits per heavy atom. The van der Waals surface area contributed by atoms with Crippen LogP contribution >= 0.6 is 0 Å². The molecule has 1 aliphatic carbocycles. The van der Waals surface area contributed by atoms with Gasteiger partial charge in [-0.3, -0.25) is 9.69 Å². The van der Waals surface area contributed by atoms with E-state index in [0.717, 1.165) is 62.5 Å². The summed E-state index contributed by atoms with van der Waals surface area (Å²) in [5, 5.41) is 7.47. The van der Waals surface area contributed by atoms with Crippen LogP contribution in [0.2, 0.25) is 0 Å². The molecule has 27 heavy (non-hydrogen) atoms. The van der Waals surface area contributed by atoms with Crippen LogP contribution in [0.3, 0.4) is 0 Å². The Labute approximate surface area is 157 Å². The molecule has 1 amide bonds. The number of amides is 1. The molecule has 7 heteroatoms. The monoisotopic (exact) mass is 374 g/mol. The van der Waals surface area contributed by atoms with Gasteiger partial charge in [0, 0.05) is 17.3 Å². The zero-order chi connectivity index (χ0) is 18.8. The summed E-state index contributed by atoms with van der Waals surface area (Å²) in [5.41, 5.74) is 2.22. The smallest absolute Gasteiger partial charge is 0.234 e. The lowest BCUT2D eigenvalue weighted by Crippen LogP contribution is -2.41. The summed E-state index contributed by atoms with van der Waals surface area (Å²) in [6.45, 7) is 2.38. The lowest BCUT2D eigenvalue weighted by molar-refractivity contribution is -0.123. The first-order valence-corrected chi connectivity index (χ1v) is 9.65. The Bertz CT molecular complexity index is 809. The molecule has 144 valence electrons. The molecule has 1 saturated heterocycles. The van der Waals surface area contributed by atoms with E-state index in [1.165, 1.54) is 18.6 Å². The molecule has 1 N–H and O–H groups in total. The van der Waals surface area contributed by atoms with Crippen molar-refractivity contribution in [2.75, 3.05) is 19.6 Å². The molecular formula is C20H24F2N4O. The van der Waals surface area contributed by atoms with Crippen molar-refractivity contribution in [2.45, 2.75) is 44.6 Å². The highest BCUT2D eigenvalue weighted by Gasteiger charge is 2.27. The predicted molar refractivity (Wildman–Crippen MR) is 97.6 cm³/mol. The first-order chi connectivity index (χ1) is 13.1. The minimum atomic E-state index is -0.628. The van der Waals surface area contributed by atoms with E-state index < -0.39 is 11.6 Å². The van der Waals surface area contributed by atoms with Gasteiger partial charge in [0.1, 0.15) is 11.6 Å². The fourth-order valence-electron chi connectivity index (χ4n) is 4.15. The number of hydrogen-bond donors (Lipinski definition) is 1. The van der Waals surface area contributed by atoms with Gasteiger partial charge in [0.25, 0.3) is 0 Å². The lowest BCUT2D eigenvalue weighted by Gasteiger charge is -2.28. The number of carbonyl (C=O) groups is 1. The van der Waals surface area contributed by atoms with Gasteiger partial charge in [0.15, 0.2) is 0 Å². The Balaban J connectivity index is 1.50. The SMILES string of the molecule is O=C(CN1CCCCC1)NC1CCCc2c1cnn2-c1cc(F)cc(F)c1. The summed E-state index contributed by atoms with van der Waals surface area (Å²) in [6.07, 6.45) is 7.77. The van der Waals surface area contributed by atoms with Crippen LogP contribution in [0.1, 0.15) is 49.4 Å². The first-order valence-electron chi connectivity index (χ1n) is 9.65. The molecule has 0 radical (unpaired) electrons. The summed E-state index contributed by atoms with van der Waals surface area (Å²) >= 11 is 0. The number of nitrogens with zero attached hydrogens (tertiary/aromatic N) is 3. The third kappa shape index (κ3) is 4.03. The summed E-state index contributed by atoms with van der Waals surface area (Å²) in [7, 11) is 0. The second-order valence-corrected chi connectivity index (χ2v) is 7.44. The maximum Gasteiger partial charge on any atom is 0.234 e. The van der Waals surface area contributed by atoms with Crippen LogP contribution in [0.5, 0.6) is 0 Å². The third-order valence-corrected chi connectivity index (χ3v) is 5.43. The average Bonchev–Trinajstić information content (AvgIpc) is 3.07. The van der Waals surface area contributed by atoms with Gasteiger partial charge < -0.3 is 5.32 Å². The molecule has 1 fully saturated rings. The van der Waals surface area contributed by atoms with Gasteiger partial charge in [-0.1, -0.05) is 6.42 Å². The van der Waals surface area contributed by atoms with E-state index in [-0.39, 0.29) is 11.9 Å². The molecule has 1 unspecified atom stereocenters. The van der Waals surface area contributed by atoms with Crippen molar-refractivity contribution >= 4 is 5.91 Å². The highest BCUT2D eigenvalue weighted by molar-refractivity contribution is 5.78. The van der Waals surface area contributed by atoms with Crippen LogP contribution in [-0.2, 0) is 11.2 Å². The number of hydrogen-bond acceptors (Lipinski definition) is 3. The van der Waals surface area contributed by atoms with E-state index in [4.69, 9.17) is 0 Å². The number of benzene rings is 1. The number of aromatic nitrogens is 2. The average molecular weight is 374 g/mol. The van der Waals surface area contributed by atoms with Crippen LogP contribution in [0, 0.1) is 11.6 Å². The topological polar surface area (TPSA) is 50.2 Å². The maximum absolute atomic E-state index is 13.6. The van der Waals surface area contributed by atoms with E-state index in [2.05, 4.69) is 15.3 Å². The van der Waals surface area contributed by atoms with Gasteiger partial charge in [-0.25, -0.2) is 13.5 Å². The van der Waals surface area contributed by atoms with Crippen molar-refractivity contribution in [1.29, 1.82) is 0 Å². The van der Waals surface area contributed by atoms with Gasteiger partial charge in [0.2, 0.25) is 5.91 Å². The van der Waals surface area contributed by atoms with Crippen LogP contribution < -0.4 is 5.32 Å². The van der Waals surface area contributed by atoms with Crippen molar-refractivity contribution < 1.29 is 13.6 Å². The molecule has 2 heterocycles. The highest BCUT2D eigenvalue weighted by atomic mass is 19.1. The number of fused-ring (bicyclic) bond motifs is 1. The number of likely N-dealkylation sites (tertiary alicyclic amines) is 1. The van der Waals surface area contributed by atoms with E-state index in [1.807, 2.05) is 0 Å². The van der Waals surface area contributed by atoms with Gasteiger partial charge in [-0.15, -0.1) is 0 Å². The Morgan fingerprint density at radius 1 is 1.11 bits per heavy atom. The van der Waals surface area contributed by atoms with E-state index in [1.54, 1.807) is 10.9 Å². The Hall–Kier alpha value is -2.28. The van der Waals surface area contributed by atoms with Gasteiger partial charge in [0.05, 0.1) is 24.5 Å². The van der Waals surface area contributed by atoms with Gasteiger partial charge in [-0.2, -0.15) is 5.10 Å². The number of rotatable bonds is 4. The fourth-order valence-corrected chi connectivity index (χ4v) is 4.15. The molecule has 0 saturated carbocycles. The molecular weight excluding hydrogens is 350 g/mol. The summed E-state index contributed by atoms with van der Waals surface area (Å²) < 4.78 is 28.7. The molecule has 4 rings (SSSR count). The normalized spacial score (nSPS) is 20.3. The third-order valence-electron chi connectivity index (χ3n) is 5.43. The summed E-state index contributed by atoms with van der Waals surface area (Å²) in [5.74, 6) is -1.23. The molecule has 2 aliphatic rings. The standard InChI is InChI=1S/C20H24F2N4O/c21-14-9-15(22)11-16(10-14)26-19-6-4-5-18(17(19)12-23-26)24-20(27)13-25-7-2-1-3-8-25/h9-12,18H,1-8,13H2,(H,24,27). The predicted octanol–water partition coefficient (Wildman–Crippen LogP) is 3.13. The van der Waals surface area contributed by atoms with Gasteiger partial charge in [-0.05, 0) is 57.3 Å². The van der Waals surface area contributed by atoms with Crippen molar-refractivity contribution in [3.63, 3.8) is 0 Å². The van der Waals surface area contributed by atoms with E-state index in [9.17, 15) is 13.6 Å². The van der Waals surface area contributed by atoms with E-state index in [0.29, 0.717) is 12.2 Å². The largest absolute Gasteiger partial charge is 0.348 e. The van der Waals surface area contributed by atoms with E-state index >= 15 is 0 Å². The summed E-state index contributed by atoms with van der Waals surface area (Å²) in [6, 6.07) is 3.30. The molecule has 1 aromatic heterocycles. The molecule has 1 atom stereocenters. The maximum atomic E-state index is 13.6. The van der Waals surface area contributed by atoms with Crippen LogP contribution in [0.4, 0.5) is 8.78 Å². The Morgan fingerprint density at radius 2 is 1.85 bits per heavy atom. The number of piperidine rings is 1. The fraction of sp³-hybridized carbons (Fsp3) is 0.500. The molecule has 5 nitrogen and oxygen atoms in total. The molecule has 1 aliphatic heterocycles. The van der Waals surface area contributed by atoms with Crippen molar-refractivity contribution in [1.82, 2.24) is 20.0 Å². The number of nitrogens with one attached hydrogen (secondary N) is 1. The zero-order valence-corrected chi connectivity index (χ0v) is 15.3. The quantitative estimate of drug-likeness (QED) is 0.895. The van der Waals surface area contributed by atoms with Crippen LogP contribution in [0.15, 0.2) is 24.4 Å². The van der Waals surface area contributed by atoms with Crippen LogP contribution in [0.25, 0.3) is 5.69 Å². The zero-order valence-electron chi connectivity index (χ0n) is 15.3. The van der Waals surface area contributed by atoms with Crippen LogP contribution in [-0.4, -0.2) is 40.2 Å². The second kappa shape index (κ2) is 7.76. The molecule has 2 aromatic rings. The van der Waals surface area contributed by atoms with Gasteiger partial charge >= 0.3 is 0 Å². The molecule has 0 bridgehead atoms. The minimum Gasteiger partial charge on any atom is -0.348 e. The molecule has 1 aromatic carbocycles. The first kappa shape index (κ1) is 18.1. The second-order valence-electron chi connectivity index (χ2n) is 7.44. The number of halogens is 2. The number of carbonyl (C=O) groups excluding carboxylic acids is 1. The highest BCUT2D eigenvalue weighted by Crippen LogP contribution is 2.31. The summed E-state index contributed by atoms with van der Waals surface area (Å²) in [4.78, 5) is 14.7. The molecule has 0 spiro atoms. The van der Waals surface area contributed by atoms with Crippen molar-refractivity contribution in [2.24, 2.45) is 0 Å². The minimum absolute atomic E-state index is 0.0271.